The minimum Gasteiger partial charge on any atom is -0.481 e. The lowest BCUT2D eigenvalue weighted by Crippen LogP contribution is -2.05. The average Bonchev–Trinajstić information content (AvgIpc) is 2.10. The molecule has 0 fully saturated rings. The minimum atomic E-state index is -0.756. The third kappa shape index (κ3) is 5.36. The SMILES string of the molecule is C\C=C/C=C(\C=C/C)[C@@H](C)CC(=O)O. The van der Waals surface area contributed by atoms with Crippen LogP contribution in [-0.2, 0) is 4.79 Å². The van der Waals surface area contributed by atoms with E-state index < -0.39 is 5.97 Å². The number of hydrogen-bond donors (Lipinski definition) is 1. The van der Waals surface area contributed by atoms with Gasteiger partial charge in [0.1, 0.15) is 0 Å². The van der Waals surface area contributed by atoms with Gasteiger partial charge in [-0.2, -0.15) is 0 Å². The Hall–Kier alpha value is -1.31. The monoisotopic (exact) mass is 194 g/mol. The molecule has 0 radical (unpaired) electrons. The van der Waals surface area contributed by atoms with Crippen LogP contribution < -0.4 is 0 Å². The van der Waals surface area contributed by atoms with E-state index in [0.29, 0.717) is 0 Å². The summed E-state index contributed by atoms with van der Waals surface area (Å²) in [6, 6.07) is 0. The fourth-order valence-corrected chi connectivity index (χ4v) is 1.16. The first-order valence-corrected chi connectivity index (χ1v) is 4.79. The maximum Gasteiger partial charge on any atom is 0.303 e. The molecule has 0 aromatic heterocycles. The molecule has 14 heavy (non-hydrogen) atoms. The van der Waals surface area contributed by atoms with E-state index in [4.69, 9.17) is 5.11 Å². The Bertz CT molecular complexity index is 259. The molecule has 0 rings (SSSR count). The van der Waals surface area contributed by atoms with Gasteiger partial charge in [0, 0.05) is 0 Å². The van der Waals surface area contributed by atoms with Crippen molar-refractivity contribution in [1.82, 2.24) is 0 Å². The van der Waals surface area contributed by atoms with E-state index in [1.807, 2.05) is 51.2 Å². The molecule has 78 valence electrons. The van der Waals surface area contributed by atoms with Gasteiger partial charge in [0.25, 0.3) is 0 Å². The van der Waals surface area contributed by atoms with Crippen LogP contribution in [0.1, 0.15) is 27.2 Å². The smallest absolute Gasteiger partial charge is 0.303 e. The van der Waals surface area contributed by atoms with E-state index in [-0.39, 0.29) is 12.3 Å². The molecule has 0 aliphatic heterocycles. The van der Waals surface area contributed by atoms with Crippen molar-refractivity contribution in [2.24, 2.45) is 5.92 Å². The second kappa shape index (κ2) is 7.13. The molecule has 0 aromatic rings. The fraction of sp³-hybridized carbons (Fsp3) is 0.417. The van der Waals surface area contributed by atoms with Gasteiger partial charge in [-0.25, -0.2) is 0 Å². The first-order valence-electron chi connectivity index (χ1n) is 4.79. The maximum atomic E-state index is 10.5. The Balaban J connectivity index is 4.56. The second-order valence-corrected chi connectivity index (χ2v) is 3.19. The van der Waals surface area contributed by atoms with Crippen molar-refractivity contribution in [3.63, 3.8) is 0 Å². The van der Waals surface area contributed by atoms with E-state index in [0.717, 1.165) is 5.57 Å². The standard InChI is InChI=1S/C12H18O2/c1-4-6-8-11(7-5-2)10(3)9-12(13)14/h4-8,10H,9H2,1-3H3,(H,13,14)/b6-4-,7-5-,11-8+/t10-/m0/s1. The highest BCUT2D eigenvalue weighted by Crippen LogP contribution is 2.16. The molecule has 0 bridgehead atoms. The van der Waals surface area contributed by atoms with Crippen LogP contribution in [-0.4, -0.2) is 11.1 Å². The Labute approximate surface area is 85.6 Å². The van der Waals surface area contributed by atoms with Crippen LogP contribution >= 0.6 is 0 Å². The number of rotatable bonds is 5. The zero-order valence-electron chi connectivity index (χ0n) is 9.03. The van der Waals surface area contributed by atoms with Crippen molar-refractivity contribution in [2.45, 2.75) is 27.2 Å². The van der Waals surface area contributed by atoms with E-state index in [2.05, 4.69) is 0 Å². The summed E-state index contributed by atoms with van der Waals surface area (Å²) in [5.41, 5.74) is 1.05. The third-order valence-corrected chi connectivity index (χ3v) is 1.89. The summed E-state index contributed by atoms with van der Waals surface area (Å²) in [5.74, 6) is -0.701. The molecule has 1 N–H and O–H groups in total. The second-order valence-electron chi connectivity index (χ2n) is 3.19. The van der Waals surface area contributed by atoms with Gasteiger partial charge in [-0.05, 0) is 25.3 Å². The van der Waals surface area contributed by atoms with Crippen LogP contribution in [0.4, 0.5) is 0 Å². The topological polar surface area (TPSA) is 37.3 Å². The number of carboxylic acids is 1. The number of carboxylic acid groups (broad SMARTS) is 1. The fourth-order valence-electron chi connectivity index (χ4n) is 1.16. The van der Waals surface area contributed by atoms with E-state index in [1.165, 1.54) is 0 Å². The van der Waals surface area contributed by atoms with Crippen LogP contribution in [0.3, 0.4) is 0 Å². The number of hydrogen-bond acceptors (Lipinski definition) is 1. The quantitative estimate of drug-likeness (QED) is 0.682. The van der Waals surface area contributed by atoms with Gasteiger partial charge in [0.15, 0.2) is 0 Å². The van der Waals surface area contributed by atoms with Crippen molar-refractivity contribution in [2.75, 3.05) is 0 Å². The molecule has 0 amide bonds. The van der Waals surface area contributed by atoms with Crippen molar-refractivity contribution < 1.29 is 9.90 Å². The highest BCUT2D eigenvalue weighted by atomic mass is 16.4. The Kier molecular flexibility index (Phi) is 6.46. The minimum absolute atomic E-state index is 0.0555. The van der Waals surface area contributed by atoms with Crippen LogP contribution in [0.25, 0.3) is 0 Å². The summed E-state index contributed by atoms with van der Waals surface area (Å²) >= 11 is 0. The molecule has 2 nitrogen and oxygen atoms in total. The Morgan fingerprint density at radius 1 is 1.36 bits per heavy atom. The molecule has 0 heterocycles. The van der Waals surface area contributed by atoms with Gasteiger partial charge in [-0.15, -0.1) is 0 Å². The van der Waals surface area contributed by atoms with E-state index >= 15 is 0 Å². The lowest BCUT2D eigenvalue weighted by atomic mass is 9.97. The highest BCUT2D eigenvalue weighted by molar-refractivity contribution is 5.67. The molecule has 0 saturated heterocycles. The predicted octanol–water partition coefficient (Wildman–Crippen LogP) is 3.18. The molecular formula is C12H18O2. The lowest BCUT2D eigenvalue weighted by molar-refractivity contribution is -0.137. The molecule has 0 aliphatic carbocycles. The summed E-state index contributed by atoms with van der Waals surface area (Å²) < 4.78 is 0. The summed E-state index contributed by atoms with van der Waals surface area (Å²) in [7, 11) is 0. The normalized spacial score (nSPS) is 15.2. The summed E-state index contributed by atoms with van der Waals surface area (Å²) in [6.07, 6.45) is 9.85. The van der Waals surface area contributed by atoms with Crippen LogP contribution in [0.5, 0.6) is 0 Å². The van der Waals surface area contributed by atoms with E-state index in [1.54, 1.807) is 0 Å². The molecule has 0 unspecified atom stereocenters. The predicted molar refractivity (Wildman–Crippen MR) is 59.1 cm³/mol. The third-order valence-electron chi connectivity index (χ3n) is 1.89. The maximum absolute atomic E-state index is 10.5. The van der Waals surface area contributed by atoms with Crippen molar-refractivity contribution in [1.29, 1.82) is 0 Å². The Morgan fingerprint density at radius 3 is 2.43 bits per heavy atom. The highest BCUT2D eigenvalue weighted by Gasteiger charge is 2.09. The molecule has 2 heteroatoms. The molecule has 1 atom stereocenters. The molecule has 0 saturated carbocycles. The van der Waals surface area contributed by atoms with Gasteiger partial charge < -0.3 is 5.11 Å². The molecule has 0 aliphatic rings. The zero-order chi connectivity index (χ0) is 11.0. The van der Waals surface area contributed by atoms with Crippen LogP contribution in [0.15, 0.2) is 36.0 Å². The first-order chi connectivity index (χ1) is 6.61. The number of allylic oxidation sites excluding steroid dienone is 6. The van der Waals surface area contributed by atoms with Gasteiger partial charge in [-0.3, -0.25) is 4.79 Å². The van der Waals surface area contributed by atoms with Crippen LogP contribution in [0, 0.1) is 5.92 Å². The van der Waals surface area contributed by atoms with Gasteiger partial charge in [-0.1, -0.05) is 37.3 Å². The van der Waals surface area contributed by atoms with Gasteiger partial charge in [0.2, 0.25) is 0 Å². The lowest BCUT2D eigenvalue weighted by Gasteiger charge is -2.09. The average molecular weight is 194 g/mol. The van der Waals surface area contributed by atoms with Crippen molar-refractivity contribution in [3.05, 3.63) is 36.0 Å². The summed E-state index contributed by atoms with van der Waals surface area (Å²) in [6.45, 7) is 5.78. The molecular weight excluding hydrogens is 176 g/mol. The first kappa shape index (κ1) is 12.7. The largest absolute Gasteiger partial charge is 0.481 e. The summed E-state index contributed by atoms with van der Waals surface area (Å²) in [5, 5.41) is 8.66. The van der Waals surface area contributed by atoms with Gasteiger partial charge >= 0.3 is 5.97 Å². The molecule has 0 aromatic carbocycles. The van der Waals surface area contributed by atoms with Crippen molar-refractivity contribution >= 4 is 5.97 Å². The zero-order valence-corrected chi connectivity index (χ0v) is 9.03. The van der Waals surface area contributed by atoms with Gasteiger partial charge in [0.05, 0.1) is 6.42 Å². The van der Waals surface area contributed by atoms with E-state index in [9.17, 15) is 4.79 Å². The Morgan fingerprint density at radius 2 is 2.00 bits per heavy atom. The summed E-state index contributed by atoms with van der Waals surface area (Å²) in [4.78, 5) is 10.5. The number of aliphatic carboxylic acids is 1. The van der Waals surface area contributed by atoms with Crippen molar-refractivity contribution in [3.8, 4) is 0 Å². The molecule has 0 spiro atoms. The number of carbonyl (C=O) groups is 1. The van der Waals surface area contributed by atoms with Crippen LogP contribution in [0.2, 0.25) is 0 Å².